The molecule has 8 heteroatoms. The summed E-state index contributed by atoms with van der Waals surface area (Å²) in [5.74, 6) is -0.565. The Balaban J connectivity index is 1.49. The Kier molecular flexibility index (Phi) is 5.22. The zero-order valence-electron chi connectivity index (χ0n) is 16.3. The summed E-state index contributed by atoms with van der Waals surface area (Å²) in [6.07, 6.45) is -3.75. The first kappa shape index (κ1) is 20.7. The lowest BCUT2D eigenvalue weighted by molar-refractivity contribution is -0.189. The van der Waals surface area contributed by atoms with E-state index < -0.39 is 23.9 Å². The molecule has 0 atom stereocenters. The zero-order chi connectivity index (χ0) is 21.0. The van der Waals surface area contributed by atoms with Crippen LogP contribution in [0.4, 0.5) is 24.5 Å². The third kappa shape index (κ3) is 4.06. The molecule has 2 heterocycles. The predicted molar refractivity (Wildman–Crippen MR) is 114 cm³/mol. The standard InChI is InChI=1S/C21H22BrF3N2OS/c1-12-7-15(27-6-3-16-14(11-27)9-17(22)29-16)8-13(2)19(12)26-18(28)10-20(4-5-20)21(23,24)25/h7-9H,3-6,10-11H2,1-2H3,(H,26,28). The number of nitrogens with zero attached hydrogens (tertiary/aromatic N) is 1. The third-order valence-electron chi connectivity index (χ3n) is 5.94. The van der Waals surface area contributed by atoms with Gasteiger partial charge in [-0.1, -0.05) is 0 Å². The lowest BCUT2D eigenvalue weighted by atomic mass is 10.0. The van der Waals surface area contributed by atoms with Crippen LogP contribution >= 0.6 is 27.3 Å². The second-order valence-electron chi connectivity index (χ2n) is 8.13. The van der Waals surface area contributed by atoms with Gasteiger partial charge < -0.3 is 10.2 Å². The van der Waals surface area contributed by atoms with E-state index in [1.165, 1.54) is 10.4 Å². The van der Waals surface area contributed by atoms with Gasteiger partial charge in [0, 0.05) is 35.8 Å². The van der Waals surface area contributed by atoms with Gasteiger partial charge in [0.1, 0.15) is 0 Å². The minimum absolute atomic E-state index is 0.0382. The van der Waals surface area contributed by atoms with E-state index in [2.05, 4.69) is 32.2 Å². The van der Waals surface area contributed by atoms with E-state index in [0.717, 1.165) is 40.1 Å². The van der Waals surface area contributed by atoms with E-state index in [4.69, 9.17) is 0 Å². The highest BCUT2D eigenvalue weighted by Gasteiger charge is 2.63. The number of rotatable bonds is 4. The number of carbonyl (C=O) groups is 1. The Morgan fingerprint density at radius 1 is 1.24 bits per heavy atom. The van der Waals surface area contributed by atoms with Gasteiger partial charge in [-0.15, -0.1) is 11.3 Å². The topological polar surface area (TPSA) is 32.3 Å². The molecule has 1 aromatic heterocycles. The van der Waals surface area contributed by atoms with Gasteiger partial charge in [0.05, 0.1) is 9.20 Å². The summed E-state index contributed by atoms with van der Waals surface area (Å²) in [6, 6.07) is 6.17. The van der Waals surface area contributed by atoms with Crippen LogP contribution in [0.5, 0.6) is 0 Å². The van der Waals surface area contributed by atoms with Gasteiger partial charge in [-0.2, -0.15) is 13.2 Å². The summed E-state index contributed by atoms with van der Waals surface area (Å²) in [4.78, 5) is 16.0. The fourth-order valence-corrected chi connectivity index (χ4v) is 5.79. The molecule has 156 valence electrons. The van der Waals surface area contributed by atoms with E-state index in [9.17, 15) is 18.0 Å². The van der Waals surface area contributed by atoms with Crippen LogP contribution in [0.15, 0.2) is 22.0 Å². The van der Waals surface area contributed by atoms with Crippen molar-refractivity contribution < 1.29 is 18.0 Å². The number of hydrogen-bond acceptors (Lipinski definition) is 3. The molecule has 0 saturated heterocycles. The number of amides is 1. The van der Waals surface area contributed by atoms with E-state index >= 15 is 0 Å². The number of carbonyl (C=O) groups excluding carboxylic acids is 1. The number of alkyl halides is 3. The van der Waals surface area contributed by atoms with Crippen molar-refractivity contribution in [2.75, 3.05) is 16.8 Å². The van der Waals surface area contributed by atoms with Crippen LogP contribution in [0.2, 0.25) is 0 Å². The van der Waals surface area contributed by atoms with Crippen molar-refractivity contribution in [1.82, 2.24) is 0 Å². The molecule has 1 amide bonds. The Hall–Kier alpha value is -1.54. The van der Waals surface area contributed by atoms with Crippen molar-refractivity contribution in [3.63, 3.8) is 0 Å². The highest BCUT2D eigenvalue weighted by molar-refractivity contribution is 9.11. The van der Waals surface area contributed by atoms with Crippen molar-refractivity contribution in [2.24, 2.45) is 5.41 Å². The molecular weight excluding hydrogens is 465 g/mol. The molecule has 4 rings (SSSR count). The normalized spacial score (nSPS) is 17.8. The van der Waals surface area contributed by atoms with E-state index in [1.807, 2.05) is 26.0 Å². The first-order valence-electron chi connectivity index (χ1n) is 9.58. The number of anilines is 2. The molecule has 1 aliphatic heterocycles. The highest BCUT2D eigenvalue weighted by Crippen LogP contribution is 2.60. The van der Waals surface area contributed by atoms with E-state index in [1.54, 1.807) is 11.3 Å². The van der Waals surface area contributed by atoms with Gasteiger partial charge >= 0.3 is 6.18 Å². The van der Waals surface area contributed by atoms with E-state index in [0.29, 0.717) is 5.69 Å². The van der Waals surface area contributed by atoms with Crippen molar-refractivity contribution in [2.45, 2.75) is 52.3 Å². The monoisotopic (exact) mass is 486 g/mol. The molecule has 1 aromatic carbocycles. The molecule has 0 spiro atoms. The van der Waals surface area contributed by atoms with Crippen molar-refractivity contribution in [3.05, 3.63) is 43.6 Å². The number of aryl methyl sites for hydroxylation is 2. The summed E-state index contributed by atoms with van der Waals surface area (Å²) in [6.45, 7) is 5.52. The number of fused-ring (bicyclic) bond motifs is 1. The van der Waals surface area contributed by atoms with E-state index in [-0.39, 0.29) is 12.8 Å². The molecule has 0 radical (unpaired) electrons. The fraction of sp³-hybridized carbons (Fsp3) is 0.476. The summed E-state index contributed by atoms with van der Waals surface area (Å²) >= 11 is 5.33. The maximum absolute atomic E-state index is 13.1. The molecule has 1 N–H and O–H groups in total. The molecule has 2 aliphatic rings. The Morgan fingerprint density at radius 2 is 1.90 bits per heavy atom. The minimum Gasteiger partial charge on any atom is -0.367 e. The van der Waals surface area contributed by atoms with Gasteiger partial charge in [-0.25, -0.2) is 0 Å². The van der Waals surface area contributed by atoms with Crippen LogP contribution in [0.1, 0.15) is 40.8 Å². The molecular formula is C21H22BrF3N2OS. The van der Waals surface area contributed by atoms with Crippen LogP contribution < -0.4 is 10.2 Å². The first-order valence-corrected chi connectivity index (χ1v) is 11.2. The molecule has 29 heavy (non-hydrogen) atoms. The summed E-state index contributed by atoms with van der Waals surface area (Å²) in [5.41, 5.74) is 2.92. The van der Waals surface area contributed by atoms with Crippen LogP contribution in [0, 0.1) is 19.3 Å². The van der Waals surface area contributed by atoms with Gasteiger partial charge in [-0.05, 0) is 83.9 Å². The second kappa shape index (κ2) is 7.30. The maximum Gasteiger partial charge on any atom is 0.395 e. The molecule has 3 nitrogen and oxygen atoms in total. The molecule has 2 aromatic rings. The maximum atomic E-state index is 13.1. The third-order valence-corrected chi connectivity index (χ3v) is 7.68. The van der Waals surface area contributed by atoms with Crippen LogP contribution in [0.3, 0.4) is 0 Å². The highest BCUT2D eigenvalue weighted by atomic mass is 79.9. The molecule has 0 bridgehead atoms. The van der Waals surface area contributed by atoms with Crippen LogP contribution in [-0.4, -0.2) is 18.6 Å². The van der Waals surface area contributed by atoms with Crippen molar-refractivity contribution in [1.29, 1.82) is 0 Å². The molecule has 1 aliphatic carbocycles. The summed E-state index contributed by atoms with van der Waals surface area (Å²) in [7, 11) is 0. The first-order chi connectivity index (χ1) is 13.6. The van der Waals surface area contributed by atoms with Gasteiger partial charge in [0.25, 0.3) is 0 Å². The smallest absolute Gasteiger partial charge is 0.367 e. The Bertz CT molecular complexity index is 942. The average molecular weight is 487 g/mol. The van der Waals surface area contributed by atoms with Gasteiger partial charge in [-0.3, -0.25) is 4.79 Å². The van der Waals surface area contributed by atoms with Gasteiger partial charge in [0.15, 0.2) is 0 Å². The fourth-order valence-electron chi connectivity index (χ4n) is 4.04. The summed E-state index contributed by atoms with van der Waals surface area (Å²) in [5, 5.41) is 2.73. The van der Waals surface area contributed by atoms with Crippen molar-refractivity contribution in [3.8, 4) is 0 Å². The lowest BCUT2D eigenvalue weighted by Gasteiger charge is -2.30. The minimum atomic E-state index is -4.32. The lowest BCUT2D eigenvalue weighted by Crippen LogP contribution is -2.30. The quantitative estimate of drug-likeness (QED) is 0.544. The number of benzene rings is 1. The molecule has 1 fully saturated rings. The predicted octanol–water partition coefficient (Wildman–Crippen LogP) is 6.36. The Morgan fingerprint density at radius 3 is 2.48 bits per heavy atom. The number of thiophene rings is 1. The average Bonchev–Trinajstić information content (AvgIpc) is 3.31. The second-order valence-corrected chi connectivity index (χ2v) is 10.6. The van der Waals surface area contributed by atoms with Crippen molar-refractivity contribution >= 4 is 44.5 Å². The number of nitrogens with one attached hydrogen (secondary N) is 1. The number of halogens is 4. The van der Waals surface area contributed by atoms with Crippen LogP contribution in [-0.2, 0) is 17.8 Å². The summed E-state index contributed by atoms with van der Waals surface area (Å²) < 4.78 is 40.5. The molecule has 0 unspecified atom stereocenters. The largest absolute Gasteiger partial charge is 0.395 e. The Labute approximate surface area is 180 Å². The SMILES string of the molecule is Cc1cc(N2CCc3sc(Br)cc3C2)cc(C)c1NC(=O)CC1(C(F)(F)F)CC1. The zero-order valence-corrected chi connectivity index (χ0v) is 18.7. The van der Waals surface area contributed by atoms with Gasteiger partial charge in [0.2, 0.25) is 5.91 Å². The molecule has 1 saturated carbocycles. The van der Waals surface area contributed by atoms with Crippen LogP contribution in [0.25, 0.3) is 0 Å². The number of hydrogen-bond donors (Lipinski definition) is 1.